The molecule has 1 N–H and O–H groups in total. The van der Waals surface area contributed by atoms with Crippen LogP contribution in [-0.2, 0) is 16.0 Å². The van der Waals surface area contributed by atoms with Crippen LogP contribution >= 0.6 is 0 Å². The zero-order chi connectivity index (χ0) is 20.4. The van der Waals surface area contributed by atoms with Crippen LogP contribution in [0, 0.1) is 11.2 Å². The predicted molar refractivity (Wildman–Crippen MR) is 108 cm³/mol. The van der Waals surface area contributed by atoms with Gasteiger partial charge in [0.1, 0.15) is 5.82 Å². The first-order valence-electron chi connectivity index (χ1n) is 9.61. The van der Waals surface area contributed by atoms with Gasteiger partial charge in [-0.05, 0) is 55.0 Å². The summed E-state index contributed by atoms with van der Waals surface area (Å²) in [6, 6.07) is 10.6. The lowest BCUT2D eigenvalue weighted by atomic mass is 9.82. The van der Waals surface area contributed by atoms with Crippen molar-refractivity contribution in [3.05, 3.63) is 54.0 Å². The minimum absolute atomic E-state index is 0.229. The van der Waals surface area contributed by atoms with Crippen LogP contribution in [0.5, 0.6) is 5.75 Å². The highest BCUT2D eigenvalue weighted by molar-refractivity contribution is 5.70. The van der Waals surface area contributed by atoms with E-state index < -0.39 is 0 Å². The second-order valence-corrected chi connectivity index (χ2v) is 7.43. The Balaban J connectivity index is 1.78. The highest BCUT2D eigenvalue weighted by Gasteiger charge is 2.24. The SMILES string of the molecule is CCOC(=O)CC(C)(C)Cc1ccc(OCCCNc2ccccn2)c(F)c1. The molecule has 5 nitrogen and oxygen atoms in total. The van der Waals surface area contributed by atoms with E-state index in [2.05, 4.69) is 10.3 Å². The average Bonchev–Trinajstić information content (AvgIpc) is 2.63. The first kappa shape index (κ1) is 21.7. The van der Waals surface area contributed by atoms with E-state index in [4.69, 9.17) is 9.47 Å². The molecule has 0 saturated heterocycles. The molecule has 2 aromatic rings. The number of pyridine rings is 1. The summed E-state index contributed by atoms with van der Waals surface area (Å²) in [4.78, 5) is 15.9. The molecule has 0 amide bonds. The maximum atomic E-state index is 14.3. The molecule has 0 aliphatic carbocycles. The molecule has 0 aliphatic heterocycles. The van der Waals surface area contributed by atoms with Crippen molar-refractivity contribution < 1.29 is 18.7 Å². The lowest BCUT2D eigenvalue weighted by molar-refractivity contribution is -0.145. The standard InChI is InChI=1S/C22H29FN2O3/c1-4-27-21(26)16-22(2,3)15-17-9-10-19(18(23)14-17)28-13-7-12-25-20-8-5-6-11-24-20/h5-6,8-11,14H,4,7,12-13,15-16H2,1-3H3,(H,24,25). The van der Waals surface area contributed by atoms with Gasteiger partial charge in [0.05, 0.1) is 19.6 Å². The average molecular weight is 388 g/mol. The molecule has 0 fully saturated rings. The number of halogens is 1. The smallest absolute Gasteiger partial charge is 0.306 e. The maximum absolute atomic E-state index is 14.3. The summed E-state index contributed by atoms with van der Waals surface area (Å²) in [6.45, 7) is 7.20. The van der Waals surface area contributed by atoms with Gasteiger partial charge in [0, 0.05) is 12.7 Å². The van der Waals surface area contributed by atoms with Crippen LogP contribution in [-0.4, -0.2) is 30.7 Å². The van der Waals surface area contributed by atoms with Crippen molar-refractivity contribution in [2.45, 2.75) is 40.0 Å². The Bertz CT molecular complexity index is 751. The molecule has 28 heavy (non-hydrogen) atoms. The zero-order valence-corrected chi connectivity index (χ0v) is 16.8. The van der Waals surface area contributed by atoms with Crippen molar-refractivity contribution in [3.8, 4) is 5.75 Å². The molecule has 1 heterocycles. The lowest BCUT2D eigenvalue weighted by Crippen LogP contribution is -2.21. The molecule has 0 unspecified atom stereocenters. The third-order valence-electron chi connectivity index (χ3n) is 4.16. The Morgan fingerprint density at radius 2 is 2.07 bits per heavy atom. The number of anilines is 1. The van der Waals surface area contributed by atoms with Crippen molar-refractivity contribution in [1.29, 1.82) is 0 Å². The predicted octanol–water partition coefficient (Wildman–Crippen LogP) is 4.62. The number of hydrogen-bond acceptors (Lipinski definition) is 5. The fourth-order valence-corrected chi connectivity index (χ4v) is 2.93. The van der Waals surface area contributed by atoms with E-state index in [9.17, 15) is 9.18 Å². The summed E-state index contributed by atoms with van der Waals surface area (Å²) >= 11 is 0. The minimum atomic E-state index is -0.387. The number of carbonyl (C=O) groups excluding carboxylic acids is 1. The van der Waals surface area contributed by atoms with Crippen LogP contribution in [0.3, 0.4) is 0 Å². The van der Waals surface area contributed by atoms with Crippen LogP contribution in [0.25, 0.3) is 0 Å². The number of nitrogens with one attached hydrogen (secondary N) is 1. The van der Waals surface area contributed by atoms with E-state index in [1.54, 1.807) is 19.2 Å². The second kappa shape index (κ2) is 10.6. The van der Waals surface area contributed by atoms with Gasteiger partial charge in [0.2, 0.25) is 0 Å². The van der Waals surface area contributed by atoms with Gasteiger partial charge in [-0.1, -0.05) is 26.0 Å². The number of nitrogens with zero attached hydrogens (tertiary/aromatic N) is 1. The number of esters is 1. The van der Waals surface area contributed by atoms with E-state index >= 15 is 0 Å². The summed E-state index contributed by atoms with van der Waals surface area (Å²) in [5, 5.41) is 3.18. The van der Waals surface area contributed by atoms with Crippen molar-refractivity contribution in [2.75, 3.05) is 25.1 Å². The molecule has 6 heteroatoms. The quantitative estimate of drug-likeness (QED) is 0.449. The molecule has 0 aliphatic rings. The molecular formula is C22H29FN2O3. The summed E-state index contributed by atoms with van der Waals surface area (Å²) in [6.07, 6.45) is 3.33. The third kappa shape index (κ3) is 7.55. The van der Waals surface area contributed by atoms with Crippen LogP contribution in [0.4, 0.5) is 10.2 Å². The molecule has 0 spiro atoms. The van der Waals surface area contributed by atoms with Gasteiger partial charge in [-0.25, -0.2) is 9.37 Å². The summed E-state index contributed by atoms with van der Waals surface area (Å²) in [7, 11) is 0. The molecule has 1 aromatic carbocycles. The van der Waals surface area contributed by atoms with Crippen molar-refractivity contribution in [2.24, 2.45) is 5.41 Å². The second-order valence-electron chi connectivity index (χ2n) is 7.43. The van der Waals surface area contributed by atoms with Crippen LogP contribution in [0.15, 0.2) is 42.6 Å². The number of benzene rings is 1. The topological polar surface area (TPSA) is 60.5 Å². The molecule has 0 radical (unpaired) electrons. The number of carbonyl (C=O) groups is 1. The number of ether oxygens (including phenoxy) is 2. The van der Waals surface area contributed by atoms with Crippen molar-refractivity contribution >= 4 is 11.8 Å². The van der Waals surface area contributed by atoms with Gasteiger partial charge in [0.25, 0.3) is 0 Å². The fourth-order valence-electron chi connectivity index (χ4n) is 2.93. The van der Waals surface area contributed by atoms with Crippen LogP contribution in [0.1, 0.15) is 39.2 Å². The van der Waals surface area contributed by atoms with E-state index in [1.807, 2.05) is 38.1 Å². The van der Waals surface area contributed by atoms with E-state index in [1.165, 1.54) is 6.07 Å². The van der Waals surface area contributed by atoms with Gasteiger partial charge < -0.3 is 14.8 Å². The largest absolute Gasteiger partial charge is 0.490 e. The minimum Gasteiger partial charge on any atom is -0.490 e. The zero-order valence-electron chi connectivity index (χ0n) is 16.8. The summed E-state index contributed by atoms with van der Waals surface area (Å²) in [5.41, 5.74) is 0.522. The first-order chi connectivity index (χ1) is 13.4. The van der Waals surface area contributed by atoms with Gasteiger partial charge in [0.15, 0.2) is 11.6 Å². The summed E-state index contributed by atoms with van der Waals surface area (Å²) in [5.74, 6) is 0.433. The van der Waals surface area contributed by atoms with E-state index in [0.717, 1.165) is 17.8 Å². The number of rotatable bonds is 11. The maximum Gasteiger partial charge on any atom is 0.306 e. The molecule has 1 aromatic heterocycles. The first-order valence-corrected chi connectivity index (χ1v) is 9.61. The lowest BCUT2D eigenvalue weighted by Gasteiger charge is -2.23. The highest BCUT2D eigenvalue weighted by Crippen LogP contribution is 2.28. The molecular weight excluding hydrogens is 359 g/mol. The van der Waals surface area contributed by atoms with Gasteiger partial charge >= 0.3 is 5.97 Å². The molecule has 152 valence electrons. The van der Waals surface area contributed by atoms with Gasteiger partial charge in [-0.15, -0.1) is 0 Å². The molecule has 0 bridgehead atoms. The Morgan fingerprint density at radius 3 is 2.75 bits per heavy atom. The number of aromatic nitrogens is 1. The van der Waals surface area contributed by atoms with Gasteiger partial charge in [-0.3, -0.25) is 4.79 Å². The fraction of sp³-hybridized carbons (Fsp3) is 0.455. The third-order valence-corrected chi connectivity index (χ3v) is 4.16. The molecule has 2 rings (SSSR count). The van der Waals surface area contributed by atoms with Gasteiger partial charge in [-0.2, -0.15) is 0 Å². The Labute approximate surface area is 166 Å². The number of hydrogen-bond donors (Lipinski definition) is 1. The Kier molecular flexibility index (Phi) is 8.23. The molecule has 0 atom stereocenters. The van der Waals surface area contributed by atoms with Crippen LogP contribution < -0.4 is 10.1 Å². The van der Waals surface area contributed by atoms with Crippen LogP contribution in [0.2, 0.25) is 0 Å². The van der Waals surface area contributed by atoms with Crippen molar-refractivity contribution in [1.82, 2.24) is 4.98 Å². The summed E-state index contributed by atoms with van der Waals surface area (Å²) < 4.78 is 24.9. The van der Waals surface area contributed by atoms with E-state index in [-0.39, 0.29) is 23.0 Å². The Morgan fingerprint density at radius 1 is 1.25 bits per heavy atom. The Hall–Kier alpha value is -2.63. The monoisotopic (exact) mass is 388 g/mol. The van der Waals surface area contributed by atoms with Crippen molar-refractivity contribution in [3.63, 3.8) is 0 Å². The highest BCUT2D eigenvalue weighted by atomic mass is 19.1. The molecule has 0 saturated carbocycles. The van der Waals surface area contributed by atoms with E-state index in [0.29, 0.717) is 32.6 Å². The normalized spacial score (nSPS) is 11.1.